The van der Waals surface area contributed by atoms with Crippen LogP contribution in [0.3, 0.4) is 0 Å². The number of hydrogen-bond acceptors (Lipinski definition) is 7. The second-order valence-corrected chi connectivity index (χ2v) is 6.83. The van der Waals surface area contributed by atoms with Crippen molar-refractivity contribution in [1.82, 2.24) is 29.7 Å². The van der Waals surface area contributed by atoms with Crippen molar-refractivity contribution in [3.05, 3.63) is 41.8 Å². The molecule has 0 spiro atoms. The largest absolute Gasteiger partial charge is 0.408 e. The number of anilines is 1. The third-order valence-electron chi connectivity index (χ3n) is 3.84. The first kappa shape index (κ1) is 19.9. The summed E-state index contributed by atoms with van der Waals surface area (Å²) in [6, 6.07) is 3.12. The zero-order chi connectivity index (χ0) is 20.5. The van der Waals surface area contributed by atoms with Gasteiger partial charge in [0.15, 0.2) is 16.6 Å². The monoisotopic (exact) mass is 411 g/mol. The summed E-state index contributed by atoms with van der Waals surface area (Å²) in [5.74, 6) is -0.201. The van der Waals surface area contributed by atoms with E-state index in [0.717, 1.165) is 29.2 Å². The fourth-order valence-electron chi connectivity index (χ4n) is 2.39. The molecule has 0 aromatic carbocycles. The second-order valence-electron chi connectivity index (χ2n) is 5.97. The molecule has 8 nitrogen and oxygen atoms in total. The van der Waals surface area contributed by atoms with Crippen LogP contribution in [0, 0.1) is 0 Å². The van der Waals surface area contributed by atoms with Crippen LogP contribution in [0.2, 0.25) is 0 Å². The van der Waals surface area contributed by atoms with E-state index in [0.29, 0.717) is 0 Å². The summed E-state index contributed by atoms with van der Waals surface area (Å²) in [4.78, 5) is 21.1. The summed E-state index contributed by atoms with van der Waals surface area (Å²) in [7, 11) is 3.29. The van der Waals surface area contributed by atoms with Crippen molar-refractivity contribution >= 4 is 23.1 Å². The lowest BCUT2D eigenvalue weighted by atomic mass is 10.3. The maximum Gasteiger partial charge on any atom is 0.408 e. The molecule has 0 fully saturated rings. The topological polar surface area (TPSA) is 80.0 Å². The number of carbonyl (C=O) groups excluding carboxylic acids is 1. The average Bonchev–Trinajstić information content (AvgIpc) is 3.30. The molecule has 0 bridgehead atoms. The number of nitrogens with zero attached hydrogens (tertiary/aromatic N) is 7. The molecular weight excluding hydrogens is 395 g/mol. The smallest absolute Gasteiger partial charge is 0.300 e. The van der Waals surface area contributed by atoms with Gasteiger partial charge in [-0.3, -0.25) is 14.3 Å². The molecule has 3 aromatic rings. The highest BCUT2D eigenvalue weighted by Crippen LogP contribution is 2.34. The van der Waals surface area contributed by atoms with Crippen molar-refractivity contribution in [2.24, 2.45) is 0 Å². The molecular formula is C16H16F3N7OS. The third-order valence-corrected chi connectivity index (χ3v) is 4.67. The summed E-state index contributed by atoms with van der Waals surface area (Å²) in [6.07, 6.45) is -1.95. The predicted octanol–water partition coefficient (Wildman–Crippen LogP) is 3.04. The van der Waals surface area contributed by atoms with Crippen LogP contribution < -0.4 is 5.01 Å². The molecule has 3 aromatic heterocycles. The first-order chi connectivity index (χ1) is 13.2. The molecule has 0 aliphatic heterocycles. The highest BCUT2D eigenvalue weighted by Gasteiger charge is 2.39. The van der Waals surface area contributed by atoms with Gasteiger partial charge in [-0.25, -0.2) is 15.0 Å². The molecule has 28 heavy (non-hydrogen) atoms. The van der Waals surface area contributed by atoms with Crippen LogP contribution in [0.1, 0.15) is 23.5 Å². The lowest BCUT2D eigenvalue weighted by Gasteiger charge is -2.26. The molecule has 0 saturated heterocycles. The number of amides is 1. The minimum Gasteiger partial charge on any atom is -0.300 e. The highest BCUT2D eigenvalue weighted by molar-refractivity contribution is 7.13. The molecule has 0 aliphatic carbocycles. The van der Waals surface area contributed by atoms with Gasteiger partial charge in [-0.1, -0.05) is 6.07 Å². The number of thiazole rings is 1. The Kier molecular flexibility index (Phi) is 5.42. The van der Waals surface area contributed by atoms with Crippen molar-refractivity contribution in [3.8, 4) is 10.8 Å². The van der Waals surface area contributed by atoms with Crippen molar-refractivity contribution < 1.29 is 18.0 Å². The summed E-state index contributed by atoms with van der Waals surface area (Å²) >= 11 is 1.07. The predicted molar refractivity (Wildman–Crippen MR) is 96.6 cm³/mol. The number of halogens is 3. The maximum absolute atomic E-state index is 13.1. The minimum absolute atomic E-state index is 0.0231. The van der Waals surface area contributed by atoms with E-state index in [1.165, 1.54) is 16.2 Å². The van der Waals surface area contributed by atoms with Gasteiger partial charge in [-0.2, -0.15) is 13.2 Å². The Morgan fingerprint density at radius 3 is 2.64 bits per heavy atom. The molecule has 1 atom stereocenters. The Morgan fingerprint density at radius 2 is 2.04 bits per heavy atom. The van der Waals surface area contributed by atoms with E-state index in [-0.39, 0.29) is 22.3 Å². The zero-order valence-corrected chi connectivity index (χ0v) is 15.9. The van der Waals surface area contributed by atoms with Gasteiger partial charge in [0, 0.05) is 25.7 Å². The lowest BCUT2D eigenvalue weighted by Crippen LogP contribution is -2.42. The van der Waals surface area contributed by atoms with Gasteiger partial charge in [-0.15, -0.1) is 21.5 Å². The van der Waals surface area contributed by atoms with Gasteiger partial charge in [0.25, 0.3) is 5.91 Å². The van der Waals surface area contributed by atoms with Gasteiger partial charge in [0.1, 0.15) is 18.1 Å². The van der Waals surface area contributed by atoms with Crippen LogP contribution in [-0.4, -0.2) is 55.9 Å². The van der Waals surface area contributed by atoms with Crippen molar-refractivity contribution in [1.29, 1.82) is 0 Å². The van der Waals surface area contributed by atoms with Gasteiger partial charge in [0.2, 0.25) is 0 Å². The van der Waals surface area contributed by atoms with E-state index < -0.39 is 18.1 Å². The Labute approximate surface area is 162 Å². The number of carbonyl (C=O) groups is 1. The molecule has 1 amide bonds. The molecule has 0 aliphatic rings. The van der Waals surface area contributed by atoms with Crippen molar-refractivity contribution in [2.75, 3.05) is 19.1 Å². The van der Waals surface area contributed by atoms with Crippen LogP contribution in [-0.2, 0) is 0 Å². The molecule has 1 unspecified atom stereocenters. The van der Waals surface area contributed by atoms with E-state index in [9.17, 15) is 18.0 Å². The van der Waals surface area contributed by atoms with Gasteiger partial charge >= 0.3 is 6.18 Å². The van der Waals surface area contributed by atoms with Crippen molar-refractivity contribution in [2.45, 2.75) is 19.1 Å². The first-order valence-electron chi connectivity index (χ1n) is 8.05. The average molecular weight is 411 g/mol. The summed E-state index contributed by atoms with van der Waals surface area (Å²) < 4.78 is 40.1. The minimum atomic E-state index is -4.46. The molecule has 0 radical (unpaired) electrons. The van der Waals surface area contributed by atoms with Crippen LogP contribution in [0.4, 0.5) is 19.0 Å². The summed E-state index contributed by atoms with van der Waals surface area (Å²) in [6.45, 7) is 1.01. The number of alkyl halides is 3. The number of rotatable bonds is 5. The number of hydrazine groups is 1. The maximum atomic E-state index is 13.1. The molecule has 3 rings (SSSR count). The number of aromatic nitrogens is 5. The normalized spacial score (nSPS) is 13.0. The Morgan fingerprint density at radius 1 is 1.29 bits per heavy atom. The molecule has 3 heterocycles. The van der Waals surface area contributed by atoms with Gasteiger partial charge in [-0.05, 0) is 19.1 Å². The molecule has 148 valence electrons. The summed E-state index contributed by atoms with van der Waals surface area (Å²) in [5, 5.41) is 11.9. The number of hydrogen-bond donors (Lipinski definition) is 0. The fraction of sp³-hybridized carbons (Fsp3) is 0.312. The second kappa shape index (κ2) is 7.64. The Balaban J connectivity index is 1.95. The van der Waals surface area contributed by atoms with Gasteiger partial charge < -0.3 is 0 Å². The fourth-order valence-corrected chi connectivity index (χ4v) is 3.16. The molecule has 0 N–H and O–H groups in total. The van der Waals surface area contributed by atoms with E-state index in [1.54, 1.807) is 37.7 Å². The van der Waals surface area contributed by atoms with Gasteiger partial charge in [0.05, 0.1) is 0 Å². The quantitative estimate of drug-likeness (QED) is 0.601. The zero-order valence-electron chi connectivity index (χ0n) is 15.1. The van der Waals surface area contributed by atoms with E-state index in [2.05, 4.69) is 20.2 Å². The number of pyridine rings is 1. The SMILES string of the molecule is CC(n1cnnc1-c1nc(N(C(=O)c2ccccn2)N(C)C)cs1)C(F)(F)F. The van der Waals surface area contributed by atoms with Crippen LogP contribution in [0.5, 0.6) is 0 Å². The van der Waals surface area contributed by atoms with Crippen LogP contribution >= 0.6 is 11.3 Å². The third kappa shape index (κ3) is 3.87. The van der Waals surface area contributed by atoms with Crippen molar-refractivity contribution in [3.63, 3.8) is 0 Å². The first-order valence-corrected chi connectivity index (χ1v) is 8.93. The molecule has 12 heteroatoms. The standard InChI is InChI=1S/C16H16F3N7OS/c1-10(16(17,18)19)25-9-21-23-13(25)14-22-12(8-28-14)26(24(2)3)15(27)11-6-4-5-7-20-11/h4-10H,1-3H3. The lowest BCUT2D eigenvalue weighted by molar-refractivity contribution is -0.162. The van der Waals surface area contributed by atoms with E-state index in [1.807, 2.05) is 0 Å². The Hall–Kier alpha value is -2.86. The van der Waals surface area contributed by atoms with Crippen LogP contribution in [0.25, 0.3) is 10.8 Å². The summed E-state index contributed by atoms with van der Waals surface area (Å²) in [5.41, 5.74) is 0.208. The van der Waals surface area contributed by atoms with E-state index in [4.69, 9.17) is 0 Å². The highest BCUT2D eigenvalue weighted by atomic mass is 32.1. The van der Waals surface area contributed by atoms with E-state index >= 15 is 0 Å². The molecule has 0 saturated carbocycles. The Bertz CT molecular complexity index is 955. The van der Waals surface area contributed by atoms with Crippen LogP contribution in [0.15, 0.2) is 36.1 Å².